The minimum atomic E-state index is 0.343. The fourth-order valence-corrected chi connectivity index (χ4v) is 2.16. The fourth-order valence-electron chi connectivity index (χ4n) is 1.35. The summed E-state index contributed by atoms with van der Waals surface area (Å²) in [5.41, 5.74) is 0. The molecule has 0 saturated heterocycles. The Balaban J connectivity index is 2.77. The predicted molar refractivity (Wildman–Crippen MR) is 77.5 cm³/mol. The first kappa shape index (κ1) is 15.2. The highest BCUT2D eigenvalue weighted by atomic mass is 32.2. The van der Waals surface area contributed by atoms with Crippen molar-refractivity contribution < 1.29 is 4.74 Å². The maximum Gasteiger partial charge on any atom is 0.134 e. The maximum absolute atomic E-state index is 5.06. The molecule has 4 nitrogen and oxygen atoms in total. The number of nitrogens with one attached hydrogen (secondary N) is 1. The first-order chi connectivity index (χ1) is 8.67. The van der Waals surface area contributed by atoms with Crippen molar-refractivity contribution in [3.05, 3.63) is 11.9 Å². The minimum Gasteiger partial charge on any atom is -0.384 e. The third kappa shape index (κ3) is 5.23. The lowest BCUT2D eigenvalue weighted by Crippen LogP contribution is -2.07. The van der Waals surface area contributed by atoms with E-state index in [1.165, 1.54) is 0 Å². The van der Waals surface area contributed by atoms with E-state index in [0.29, 0.717) is 5.92 Å². The molecule has 0 aliphatic carbocycles. The van der Waals surface area contributed by atoms with Crippen LogP contribution in [0.5, 0.6) is 0 Å². The van der Waals surface area contributed by atoms with Crippen LogP contribution in [0.4, 0.5) is 5.82 Å². The highest BCUT2D eigenvalue weighted by Crippen LogP contribution is 2.21. The van der Waals surface area contributed by atoms with Crippen molar-refractivity contribution in [1.29, 1.82) is 0 Å². The molecule has 0 aliphatic heterocycles. The van der Waals surface area contributed by atoms with Crippen molar-refractivity contribution >= 4 is 17.6 Å². The number of anilines is 1. The number of hydrogen-bond donors (Lipinski definition) is 1. The van der Waals surface area contributed by atoms with Gasteiger partial charge in [-0.15, -0.1) is 11.8 Å². The zero-order valence-corrected chi connectivity index (χ0v) is 12.5. The van der Waals surface area contributed by atoms with E-state index in [-0.39, 0.29) is 0 Å². The van der Waals surface area contributed by atoms with E-state index >= 15 is 0 Å². The molecule has 0 aliphatic rings. The standard InChI is InChI=1S/C13H23N3OS/c1-5-6-14-11-9-12(18-8-7-17-4)16-13(15-11)10(2)3/h9-10H,5-8H2,1-4H3,(H,14,15,16). The third-order valence-corrected chi connectivity index (χ3v) is 3.21. The maximum atomic E-state index is 5.06. The van der Waals surface area contributed by atoms with Crippen LogP contribution < -0.4 is 5.32 Å². The highest BCUT2D eigenvalue weighted by Gasteiger charge is 2.08. The van der Waals surface area contributed by atoms with Crippen molar-refractivity contribution in [3.63, 3.8) is 0 Å². The van der Waals surface area contributed by atoms with Crippen molar-refractivity contribution in [3.8, 4) is 0 Å². The van der Waals surface area contributed by atoms with Gasteiger partial charge in [0, 0.05) is 31.4 Å². The van der Waals surface area contributed by atoms with Crippen molar-refractivity contribution in [1.82, 2.24) is 9.97 Å². The molecule has 18 heavy (non-hydrogen) atoms. The molecule has 102 valence electrons. The number of hydrogen-bond acceptors (Lipinski definition) is 5. The molecule has 0 unspecified atom stereocenters. The molecule has 1 heterocycles. The highest BCUT2D eigenvalue weighted by molar-refractivity contribution is 7.99. The van der Waals surface area contributed by atoms with Crippen LogP contribution in [0.25, 0.3) is 0 Å². The van der Waals surface area contributed by atoms with E-state index in [1.807, 2.05) is 6.07 Å². The van der Waals surface area contributed by atoms with Crippen LogP contribution in [0, 0.1) is 0 Å². The number of nitrogens with zero attached hydrogens (tertiary/aromatic N) is 2. The van der Waals surface area contributed by atoms with Gasteiger partial charge in [0.2, 0.25) is 0 Å². The smallest absolute Gasteiger partial charge is 0.134 e. The summed E-state index contributed by atoms with van der Waals surface area (Å²) in [5.74, 6) is 3.08. The summed E-state index contributed by atoms with van der Waals surface area (Å²) in [6.45, 7) is 8.05. The summed E-state index contributed by atoms with van der Waals surface area (Å²) < 4.78 is 5.06. The minimum absolute atomic E-state index is 0.343. The van der Waals surface area contributed by atoms with Crippen LogP contribution in [0.3, 0.4) is 0 Å². The number of ether oxygens (including phenoxy) is 1. The second-order valence-corrected chi connectivity index (χ2v) is 5.49. The molecule has 0 radical (unpaired) electrons. The van der Waals surface area contributed by atoms with Crippen LogP contribution in [0.15, 0.2) is 11.1 Å². The summed E-state index contributed by atoms with van der Waals surface area (Å²) in [6, 6.07) is 2.02. The Morgan fingerprint density at radius 1 is 1.39 bits per heavy atom. The van der Waals surface area contributed by atoms with Gasteiger partial charge in [0.1, 0.15) is 16.7 Å². The van der Waals surface area contributed by atoms with Gasteiger partial charge in [-0.2, -0.15) is 0 Å². The van der Waals surface area contributed by atoms with Gasteiger partial charge in [0.15, 0.2) is 0 Å². The predicted octanol–water partition coefficient (Wildman–Crippen LogP) is 3.16. The molecule has 0 spiro atoms. The number of methoxy groups -OCH3 is 1. The van der Waals surface area contributed by atoms with Crippen LogP contribution in [0.2, 0.25) is 0 Å². The average molecular weight is 269 g/mol. The fraction of sp³-hybridized carbons (Fsp3) is 0.692. The van der Waals surface area contributed by atoms with Gasteiger partial charge in [-0.3, -0.25) is 0 Å². The van der Waals surface area contributed by atoms with Gasteiger partial charge in [-0.25, -0.2) is 9.97 Å². The lowest BCUT2D eigenvalue weighted by molar-refractivity contribution is 0.218. The zero-order chi connectivity index (χ0) is 13.4. The Labute approximate surface area is 114 Å². The summed E-state index contributed by atoms with van der Waals surface area (Å²) in [4.78, 5) is 9.10. The largest absolute Gasteiger partial charge is 0.384 e. The molecule has 1 aromatic rings. The topological polar surface area (TPSA) is 47.0 Å². The van der Waals surface area contributed by atoms with Gasteiger partial charge in [0.05, 0.1) is 6.61 Å². The molecular formula is C13H23N3OS. The molecule has 5 heteroatoms. The second kappa shape index (κ2) is 8.32. The van der Waals surface area contributed by atoms with Gasteiger partial charge in [-0.1, -0.05) is 20.8 Å². The molecule has 0 saturated carbocycles. The zero-order valence-electron chi connectivity index (χ0n) is 11.7. The van der Waals surface area contributed by atoms with E-state index < -0.39 is 0 Å². The molecule has 0 aromatic carbocycles. The Morgan fingerprint density at radius 2 is 2.17 bits per heavy atom. The van der Waals surface area contributed by atoms with Gasteiger partial charge >= 0.3 is 0 Å². The average Bonchev–Trinajstić information content (AvgIpc) is 2.36. The molecule has 0 amide bonds. The lowest BCUT2D eigenvalue weighted by Gasteiger charge is -2.11. The number of thioether (sulfide) groups is 1. The van der Waals surface area contributed by atoms with Crippen LogP contribution in [0.1, 0.15) is 38.9 Å². The lowest BCUT2D eigenvalue weighted by atomic mass is 10.2. The van der Waals surface area contributed by atoms with Crippen molar-refractivity contribution in [2.75, 3.05) is 31.3 Å². The monoisotopic (exact) mass is 269 g/mol. The first-order valence-corrected chi connectivity index (χ1v) is 7.40. The molecule has 1 rings (SSSR count). The molecular weight excluding hydrogens is 246 g/mol. The number of rotatable bonds is 8. The second-order valence-electron chi connectivity index (χ2n) is 4.37. The van der Waals surface area contributed by atoms with E-state index in [2.05, 4.69) is 36.1 Å². The van der Waals surface area contributed by atoms with Crippen LogP contribution in [-0.4, -0.2) is 36.0 Å². The van der Waals surface area contributed by atoms with Crippen LogP contribution >= 0.6 is 11.8 Å². The molecule has 0 bridgehead atoms. The quantitative estimate of drug-likeness (QED) is 0.446. The Bertz CT molecular complexity index is 358. The van der Waals surface area contributed by atoms with E-state index in [4.69, 9.17) is 4.74 Å². The van der Waals surface area contributed by atoms with Gasteiger partial charge in [-0.05, 0) is 6.42 Å². The third-order valence-electron chi connectivity index (χ3n) is 2.33. The van der Waals surface area contributed by atoms with E-state index in [9.17, 15) is 0 Å². The Morgan fingerprint density at radius 3 is 2.78 bits per heavy atom. The SMILES string of the molecule is CCCNc1cc(SCCOC)nc(C(C)C)n1. The molecule has 1 N–H and O–H groups in total. The van der Waals surface area contributed by atoms with Gasteiger partial charge < -0.3 is 10.1 Å². The molecule has 0 atom stereocenters. The Hall–Kier alpha value is -0.810. The Kier molecular flexibility index (Phi) is 7.05. The normalized spacial score (nSPS) is 10.9. The number of aromatic nitrogens is 2. The summed E-state index contributed by atoms with van der Waals surface area (Å²) in [6.07, 6.45) is 1.09. The van der Waals surface area contributed by atoms with E-state index in [1.54, 1.807) is 18.9 Å². The van der Waals surface area contributed by atoms with Crippen molar-refractivity contribution in [2.24, 2.45) is 0 Å². The molecule has 1 aromatic heterocycles. The summed E-state index contributed by atoms with van der Waals surface area (Å²) in [5, 5.41) is 4.34. The molecule has 0 fully saturated rings. The summed E-state index contributed by atoms with van der Waals surface area (Å²) in [7, 11) is 1.72. The van der Waals surface area contributed by atoms with Crippen LogP contribution in [-0.2, 0) is 4.74 Å². The summed E-state index contributed by atoms with van der Waals surface area (Å²) >= 11 is 1.71. The van der Waals surface area contributed by atoms with Gasteiger partial charge in [0.25, 0.3) is 0 Å². The van der Waals surface area contributed by atoms with E-state index in [0.717, 1.165) is 42.0 Å². The first-order valence-electron chi connectivity index (χ1n) is 6.42. The van der Waals surface area contributed by atoms with Crippen molar-refractivity contribution in [2.45, 2.75) is 38.1 Å².